The molecule has 2 aromatic heterocycles. The zero-order valence-electron chi connectivity index (χ0n) is 43.7. The van der Waals surface area contributed by atoms with E-state index in [0.29, 0.717) is 125 Å². The molecule has 2 rings (SSSR count). The average molecular weight is 1080 g/mol. The molecule has 0 spiro atoms. The number of nitrogens with one attached hydrogen (secondary N) is 5. The van der Waals surface area contributed by atoms with Gasteiger partial charge in [0.25, 0.3) is 11.8 Å². The van der Waals surface area contributed by atoms with Crippen molar-refractivity contribution in [2.45, 2.75) is 138 Å². The summed E-state index contributed by atoms with van der Waals surface area (Å²) in [6, 6.07) is 4.89. The summed E-state index contributed by atoms with van der Waals surface area (Å²) in [7, 11) is 2.64. The molecule has 2 aromatic rings. The lowest BCUT2D eigenvalue weighted by atomic mass is 10.1. The fraction of sp³-hybridized carbons (Fsp3) is 0.653. The van der Waals surface area contributed by atoms with Crippen LogP contribution in [0, 0.1) is 0 Å². The fourth-order valence-corrected chi connectivity index (χ4v) is 8.69. The summed E-state index contributed by atoms with van der Waals surface area (Å²) >= 11 is 0. The molecule has 25 heteroatoms. The summed E-state index contributed by atoms with van der Waals surface area (Å²) in [5.74, 6) is -1.73. The molecule has 0 saturated carbocycles. The number of pyridine rings is 2. The number of unbranched alkanes of at least 4 members (excludes halogenated alkanes) is 3. The number of hydrogen-bond acceptors (Lipinski definition) is 18. The minimum atomic E-state index is -0.707. The van der Waals surface area contributed by atoms with E-state index in [-0.39, 0.29) is 49.2 Å². The highest BCUT2D eigenvalue weighted by Crippen LogP contribution is 2.35. The molecule has 0 aliphatic rings. The third-order valence-corrected chi connectivity index (χ3v) is 13.3. The summed E-state index contributed by atoms with van der Waals surface area (Å²) in [6.45, 7) is 8.92. The highest BCUT2D eigenvalue weighted by molar-refractivity contribution is 8.76. The van der Waals surface area contributed by atoms with E-state index >= 15 is 0 Å². The maximum atomic E-state index is 13.8. The van der Waals surface area contributed by atoms with E-state index in [1.54, 1.807) is 54.8 Å². The Bertz CT molecular complexity index is 1950. The Hall–Kier alpha value is -5.15. The van der Waals surface area contributed by atoms with Crippen molar-refractivity contribution in [1.29, 1.82) is 0 Å². The van der Waals surface area contributed by atoms with Crippen LogP contribution in [0.4, 0.5) is 4.79 Å². The maximum Gasteiger partial charge on any atom is 0.408 e. The molecule has 0 unspecified atom stereocenters. The molecular weight excluding hydrogens is 991 g/mol. The Morgan fingerprint density at radius 3 is 1.19 bits per heavy atom. The molecule has 23 nitrogen and oxygen atoms in total. The summed E-state index contributed by atoms with van der Waals surface area (Å²) in [6.07, 6.45) is 10.3. The van der Waals surface area contributed by atoms with Gasteiger partial charge in [0.2, 0.25) is 23.6 Å². The normalized spacial score (nSPS) is 12.4. The highest BCUT2D eigenvalue weighted by Gasteiger charge is 2.21. The second-order valence-corrected chi connectivity index (χ2v) is 20.9. The summed E-state index contributed by atoms with van der Waals surface area (Å²) in [5, 5.41) is 14.9. The van der Waals surface area contributed by atoms with Crippen LogP contribution in [-0.4, -0.2) is 164 Å². The van der Waals surface area contributed by atoms with Gasteiger partial charge in [-0.1, -0.05) is 19.3 Å². The highest BCUT2D eigenvalue weighted by atomic mass is 33.1. The SMILES string of the molecule is CC(C)(C)OC(=O)NCC(=O)NCCCN(CCCNC(=O)[C@@H](N)CCCCN)C(=O)c1ccc(SSc2ccc(C(=O)N(CCCNC(=O)[C@@H](N)CCCCN)CCCNC(=O)[C@@H](N)CCCCN)cn2)nc1. The zero-order chi connectivity index (χ0) is 54.7. The first-order valence-corrected chi connectivity index (χ1v) is 27.8. The molecule has 3 atom stereocenters. The molecule has 17 N–H and O–H groups in total. The van der Waals surface area contributed by atoms with Crippen molar-refractivity contribution in [2.24, 2.45) is 34.4 Å². The summed E-state index contributed by atoms with van der Waals surface area (Å²) < 4.78 is 5.17. The van der Waals surface area contributed by atoms with Crippen LogP contribution < -0.4 is 61.0 Å². The minimum Gasteiger partial charge on any atom is -0.444 e. The Kier molecular flexibility index (Phi) is 33.0. The number of nitrogens with zero attached hydrogens (tertiary/aromatic N) is 4. The molecule has 0 bridgehead atoms. The van der Waals surface area contributed by atoms with Crippen LogP contribution in [0.15, 0.2) is 46.7 Å². The first-order chi connectivity index (χ1) is 35.4. The number of amides is 7. The quantitative estimate of drug-likeness (QED) is 0.0331. The van der Waals surface area contributed by atoms with Gasteiger partial charge in [-0.25, -0.2) is 14.8 Å². The third-order valence-electron chi connectivity index (χ3n) is 11.1. The van der Waals surface area contributed by atoms with Crippen LogP contribution in [0.5, 0.6) is 0 Å². The van der Waals surface area contributed by atoms with Crippen LogP contribution in [0.1, 0.15) is 125 Å². The number of hydrogen-bond donors (Lipinski definition) is 11. The van der Waals surface area contributed by atoms with Gasteiger partial charge in [0.1, 0.15) is 15.7 Å². The van der Waals surface area contributed by atoms with E-state index in [9.17, 15) is 33.6 Å². The largest absolute Gasteiger partial charge is 0.444 e. The molecule has 0 radical (unpaired) electrons. The van der Waals surface area contributed by atoms with Crippen molar-refractivity contribution in [3.8, 4) is 0 Å². The van der Waals surface area contributed by atoms with E-state index in [0.717, 1.165) is 38.5 Å². The van der Waals surface area contributed by atoms with Gasteiger partial charge in [-0.3, -0.25) is 28.8 Å². The van der Waals surface area contributed by atoms with Crippen LogP contribution >= 0.6 is 21.6 Å². The molecule has 416 valence electrons. The number of nitrogens with two attached hydrogens (primary N) is 6. The van der Waals surface area contributed by atoms with Gasteiger partial charge in [0.15, 0.2) is 0 Å². The maximum absolute atomic E-state index is 13.8. The van der Waals surface area contributed by atoms with E-state index in [2.05, 4.69) is 36.6 Å². The lowest BCUT2D eigenvalue weighted by molar-refractivity contribution is -0.123. The zero-order valence-corrected chi connectivity index (χ0v) is 45.3. The second kappa shape index (κ2) is 37.6. The molecule has 2 heterocycles. The van der Waals surface area contributed by atoms with Gasteiger partial charge in [-0.05, 0) is 150 Å². The molecule has 0 aromatic carbocycles. The Balaban J connectivity index is 2.05. The van der Waals surface area contributed by atoms with Crippen molar-refractivity contribution < 1.29 is 38.3 Å². The number of carbonyl (C=O) groups excluding carboxylic acids is 7. The predicted octanol–water partition coefficient (Wildman–Crippen LogP) is 1.08. The number of aromatic nitrogens is 2. The van der Waals surface area contributed by atoms with Gasteiger partial charge in [-0.2, -0.15) is 0 Å². The summed E-state index contributed by atoms with van der Waals surface area (Å²) in [5.41, 5.74) is 34.8. The van der Waals surface area contributed by atoms with Crippen molar-refractivity contribution >= 4 is 63.1 Å². The predicted molar refractivity (Wildman–Crippen MR) is 289 cm³/mol. The molecule has 0 fully saturated rings. The average Bonchev–Trinajstić information content (AvgIpc) is 3.37. The summed E-state index contributed by atoms with van der Waals surface area (Å²) in [4.78, 5) is 102. The smallest absolute Gasteiger partial charge is 0.408 e. The Morgan fingerprint density at radius 2 is 0.878 bits per heavy atom. The standard InChI is InChI=1S/C49H85N15O8S2/c1-49(2,3)72-48(71)62-34-40(65)56-24-10-28-63(29-11-25-57-43(66)37(53)14-4-7-21-50)46(69)35-17-19-41(60-32-35)73-74-42-20-18-36(33-61-42)47(70)64(30-12-26-58-44(67)38(54)15-5-8-22-51)31-13-27-59-45(68)39(55)16-6-9-23-52/h17-20,32-33,37-39H,4-16,21-31,34,50-55H2,1-3H3,(H,56,65)(H,57,66)(H,58,67)(H,59,68)(H,62,71)/t37-,38-,39-/m0/s1. The number of alkyl carbamates (subject to hydrolysis) is 1. The fourth-order valence-electron chi connectivity index (χ4n) is 6.98. The van der Waals surface area contributed by atoms with Crippen molar-refractivity contribution in [3.63, 3.8) is 0 Å². The van der Waals surface area contributed by atoms with Gasteiger partial charge < -0.3 is 75.5 Å². The topological polar surface area (TPSA) is 377 Å². The monoisotopic (exact) mass is 1080 g/mol. The Labute approximate surface area is 444 Å². The van der Waals surface area contributed by atoms with Gasteiger partial charge >= 0.3 is 6.09 Å². The van der Waals surface area contributed by atoms with E-state index in [4.69, 9.17) is 39.1 Å². The van der Waals surface area contributed by atoms with Gasteiger partial charge in [0.05, 0.1) is 35.8 Å². The lowest BCUT2D eigenvalue weighted by Gasteiger charge is -2.23. The first-order valence-electron chi connectivity index (χ1n) is 25.7. The van der Waals surface area contributed by atoms with Gasteiger partial charge in [-0.15, -0.1) is 0 Å². The molecular formula is C49H85N15O8S2. The lowest BCUT2D eigenvalue weighted by Crippen LogP contribution is -2.43. The number of rotatable bonds is 38. The molecule has 0 saturated heterocycles. The number of carbonyl (C=O) groups is 7. The molecule has 0 aliphatic heterocycles. The van der Waals surface area contributed by atoms with Gasteiger partial charge in [0, 0.05) is 64.8 Å². The van der Waals surface area contributed by atoms with Crippen LogP contribution in [0.2, 0.25) is 0 Å². The van der Waals surface area contributed by atoms with E-state index < -0.39 is 35.7 Å². The number of ether oxygens (including phenoxy) is 1. The third kappa shape index (κ3) is 28.5. The van der Waals surface area contributed by atoms with Crippen molar-refractivity contribution in [3.05, 3.63) is 47.8 Å². The van der Waals surface area contributed by atoms with Crippen molar-refractivity contribution in [1.82, 2.24) is 46.4 Å². The molecule has 74 heavy (non-hydrogen) atoms. The Morgan fingerprint density at radius 1 is 0.527 bits per heavy atom. The minimum absolute atomic E-state index is 0.237. The van der Waals surface area contributed by atoms with Crippen LogP contribution in [0.25, 0.3) is 0 Å². The van der Waals surface area contributed by atoms with E-state index in [1.807, 2.05) is 0 Å². The van der Waals surface area contributed by atoms with Crippen LogP contribution in [0.3, 0.4) is 0 Å². The van der Waals surface area contributed by atoms with Crippen molar-refractivity contribution in [2.75, 3.05) is 78.5 Å². The molecule has 0 aliphatic carbocycles. The van der Waals surface area contributed by atoms with Crippen LogP contribution in [-0.2, 0) is 23.9 Å². The van der Waals surface area contributed by atoms with E-state index in [1.165, 1.54) is 34.0 Å². The molecule has 7 amide bonds. The second-order valence-electron chi connectivity index (χ2n) is 18.7. The first kappa shape index (κ1) is 65.0.